The van der Waals surface area contributed by atoms with Crippen molar-refractivity contribution in [1.29, 1.82) is 0 Å². The van der Waals surface area contributed by atoms with E-state index in [9.17, 15) is 4.39 Å². The second-order valence-electron chi connectivity index (χ2n) is 9.01. The SMILES string of the molecule is CC1(C)O[C@@H]2[C@H](O1)[C@@H](C#Cc1ccccc1F)O[C@H]2n1cnc2c(NC3CCOC3)ncnc21. The van der Waals surface area contributed by atoms with Crippen LogP contribution in [0.3, 0.4) is 0 Å². The van der Waals surface area contributed by atoms with Crippen molar-refractivity contribution < 1.29 is 23.3 Å². The lowest BCUT2D eigenvalue weighted by Gasteiger charge is -2.23. The molecule has 10 heteroatoms. The Hall–Kier alpha value is -3.10. The number of benzene rings is 1. The van der Waals surface area contributed by atoms with Crippen molar-refractivity contribution in [2.75, 3.05) is 18.5 Å². The standard InChI is InChI=1S/C24H24FN5O4/c1-24(2)33-19-17(8-7-14-5-3-4-6-16(14)25)32-23(20(19)34-24)30-13-28-18-21(26-12-27-22(18)30)29-15-9-10-31-11-15/h3-6,12-13,15,17,19-20,23H,9-11H2,1-2H3,(H,26,27,29)/t15?,17-,19-,20-,23-/m1/s1. The molecule has 3 saturated heterocycles. The molecule has 34 heavy (non-hydrogen) atoms. The summed E-state index contributed by atoms with van der Waals surface area (Å²) in [5.41, 5.74) is 1.54. The molecule has 9 nitrogen and oxygen atoms in total. The first-order valence-corrected chi connectivity index (χ1v) is 11.3. The van der Waals surface area contributed by atoms with Gasteiger partial charge in [0.25, 0.3) is 0 Å². The number of halogens is 1. The highest BCUT2D eigenvalue weighted by molar-refractivity contribution is 5.82. The van der Waals surface area contributed by atoms with E-state index >= 15 is 0 Å². The maximum Gasteiger partial charge on any atom is 0.167 e. The van der Waals surface area contributed by atoms with E-state index in [0.29, 0.717) is 29.2 Å². The Morgan fingerprint density at radius 1 is 1.15 bits per heavy atom. The summed E-state index contributed by atoms with van der Waals surface area (Å²) in [5.74, 6) is 5.38. The lowest BCUT2D eigenvalue weighted by Crippen LogP contribution is -2.28. The third kappa shape index (κ3) is 3.80. The molecule has 0 saturated carbocycles. The molecule has 3 aliphatic rings. The van der Waals surface area contributed by atoms with Gasteiger partial charge in [-0.05, 0) is 32.4 Å². The summed E-state index contributed by atoms with van der Waals surface area (Å²) in [5, 5.41) is 3.39. The molecule has 3 aromatic rings. The maximum atomic E-state index is 14.1. The fraction of sp³-hybridized carbons (Fsp3) is 0.458. The summed E-state index contributed by atoms with van der Waals surface area (Å²) in [6.07, 6.45) is 1.98. The van der Waals surface area contributed by atoms with Crippen LogP contribution in [0.1, 0.15) is 32.1 Å². The van der Waals surface area contributed by atoms with Crippen molar-refractivity contribution in [3.05, 3.63) is 48.3 Å². The van der Waals surface area contributed by atoms with Gasteiger partial charge in [-0.25, -0.2) is 19.3 Å². The molecular formula is C24H24FN5O4. The molecule has 1 aromatic carbocycles. The van der Waals surface area contributed by atoms with Gasteiger partial charge in [-0.2, -0.15) is 0 Å². The van der Waals surface area contributed by atoms with Crippen molar-refractivity contribution in [3.8, 4) is 11.8 Å². The summed E-state index contributed by atoms with van der Waals surface area (Å²) in [7, 11) is 0. The molecule has 0 bridgehead atoms. The summed E-state index contributed by atoms with van der Waals surface area (Å²) in [4.78, 5) is 13.4. The summed E-state index contributed by atoms with van der Waals surface area (Å²) >= 11 is 0. The molecule has 2 aromatic heterocycles. The van der Waals surface area contributed by atoms with Gasteiger partial charge in [-0.1, -0.05) is 24.0 Å². The quantitative estimate of drug-likeness (QED) is 0.591. The molecule has 0 aliphatic carbocycles. The molecule has 3 aliphatic heterocycles. The van der Waals surface area contributed by atoms with Crippen LogP contribution < -0.4 is 5.32 Å². The molecular weight excluding hydrogens is 441 g/mol. The normalized spacial score (nSPS) is 29.7. The molecule has 176 valence electrons. The van der Waals surface area contributed by atoms with Crippen LogP contribution in [0.5, 0.6) is 0 Å². The first kappa shape index (κ1) is 21.4. The van der Waals surface area contributed by atoms with Crippen molar-refractivity contribution in [2.24, 2.45) is 0 Å². The Labute approximate surface area is 195 Å². The minimum Gasteiger partial charge on any atom is -0.379 e. The van der Waals surface area contributed by atoms with Crippen LogP contribution >= 0.6 is 0 Å². The lowest BCUT2D eigenvalue weighted by atomic mass is 10.1. The van der Waals surface area contributed by atoms with Crippen LogP contribution in [0.4, 0.5) is 10.2 Å². The van der Waals surface area contributed by atoms with E-state index in [4.69, 9.17) is 18.9 Å². The fourth-order valence-electron chi connectivity index (χ4n) is 4.61. The monoisotopic (exact) mass is 465 g/mol. The van der Waals surface area contributed by atoms with Gasteiger partial charge in [0.15, 0.2) is 29.0 Å². The van der Waals surface area contributed by atoms with Crippen LogP contribution in [-0.2, 0) is 18.9 Å². The number of hydrogen-bond donors (Lipinski definition) is 1. The number of hydrogen-bond acceptors (Lipinski definition) is 8. The van der Waals surface area contributed by atoms with Gasteiger partial charge in [0.05, 0.1) is 24.5 Å². The third-order valence-electron chi connectivity index (χ3n) is 6.16. The summed E-state index contributed by atoms with van der Waals surface area (Å²) in [6, 6.07) is 6.56. The zero-order valence-corrected chi connectivity index (χ0v) is 18.8. The minimum absolute atomic E-state index is 0.181. The average Bonchev–Trinajstić information content (AvgIpc) is 3.58. The Kier molecular flexibility index (Phi) is 5.22. The van der Waals surface area contributed by atoms with Gasteiger partial charge >= 0.3 is 0 Å². The maximum absolute atomic E-state index is 14.1. The molecule has 6 rings (SSSR count). The zero-order chi connectivity index (χ0) is 23.3. The van der Waals surface area contributed by atoms with E-state index in [0.717, 1.165) is 13.0 Å². The number of nitrogens with zero attached hydrogens (tertiary/aromatic N) is 4. The first-order valence-electron chi connectivity index (χ1n) is 11.3. The minimum atomic E-state index is -0.810. The molecule has 0 amide bonds. The van der Waals surface area contributed by atoms with Crippen molar-refractivity contribution in [2.45, 2.75) is 56.6 Å². The van der Waals surface area contributed by atoms with E-state index in [2.05, 4.69) is 32.1 Å². The number of aromatic nitrogens is 4. The van der Waals surface area contributed by atoms with Gasteiger partial charge in [0, 0.05) is 6.61 Å². The van der Waals surface area contributed by atoms with Gasteiger partial charge in [0.1, 0.15) is 30.5 Å². The van der Waals surface area contributed by atoms with E-state index in [-0.39, 0.29) is 11.9 Å². The molecule has 5 heterocycles. The number of anilines is 1. The Morgan fingerprint density at radius 2 is 2.00 bits per heavy atom. The van der Waals surface area contributed by atoms with E-state index in [1.807, 2.05) is 18.4 Å². The second kappa shape index (κ2) is 8.29. The Balaban J connectivity index is 1.33. The Bertz CT molecular complexity index is 1280. The predicted octanol–water partition coefficient (Wildman–Crippen LogP) is 2.64. The van der Waals surface area contributed by atoms with Crippen LogP contribution in [-0.4, -0.2) is 62.9 Å². The van der Waals surface area contributed by atoms with Crippen molar-refractivity contribution >= 4 is 17.0 Å². The van der Waals surface area contributed by atoms with Gasteiger partial charge in [0.2, 0.25) is 0 Å². The molecule has 1 unspecified atom stereocenters. The van der Waals surface area contributed by atoms with E-state index in [1.165, 1.54) is 12.4 Å². The highest BCUT2D eigenvalue weighted by atomic mass is 19.1. The lowest BCUT2D eigenvalue weighted by molar-refractivity contribution is -0.190. The highest BCUT2D eigenvalue weighted by Gasteiger charge is 2.56. The molecule has 0 spiro atoms. The van der Waals surface area contributed by atoms with Crippen molar-refractivity contribution in [1.82, 2.24) is 19.5 Å². The van der Waals surface area contributed by atoms with Crippen LogP contribution in [0, 0.1) is 17.7 Å². The smallest absolute Gasteiger partial charge is 0.167 e. The topological polar surface area (TPSA) is 92.6 Å². The summed E-state index contributed by atoms with van der Waals surface area (Å²) < 4.78 is 39.9. The predicted molar refractivity (Wildman–Crippen MR) is 119 cm³/mol. The number of imidazole rings is 1. The zero-order valence-electron chi connectivity index (χ0n) is 18.8. The second-order valence-corrected chi connectivity index (χ2v) is 9.01. The van der Waals surface area contributed by atoms with Crippen LogP contribution in [0.15, 0.2) is 36.9 Å². The molecule has 5 atom stereocenters. The van der Waals surface area contributed by atoms with E-state index < -0.39 is 30.3 Å². The largest absolute Gasteiger partial charge is 0.379 e. The molecule has 0 radical (unpaired) electrons. The fourth-order valence-corrected chi connectivity index (χ4v) is 4.61. The van der Waals surface area contributed by atoms with Gasteiger partial charge in [-0.3, -0.25) is 4.57 Å². The number of fused-ring (bicyclic) bond motifs is 2. The third-order valence-corrected chi connectivity index (χ3v) is 6.16. The molecule has 3 fully saturated rings. The number of ether oxygens (including phenoxy) is 4. The highest BCUT2D eigenvalue weighted by Crippen LogP contribution is 2.43. The van der Waals surface area contributed by atoms with E-state index in [1.54, 1.807) is 24.5 Å². The van der Waals surface area contributed by atoms with Gasteiger partial charge < -0.3 is 24.3 Å². The number of rotatable bonds is 3. The number of nitrogens with one attached hydrogen (secondary N) is 1. The van der Waals surface area contributed by atoms with Crippen LogP contribution in [0.25, 0.3) is 11.2 Å². The first-order chi connectivity index (χ1) is 16.5. The summed E-state index contributed by atoms with van der Waals surface area (Å²) in [6.45, 7) is 5.05. The van der Waals surface area contributed by atoms with Gasteiger partial charge in [-0.15, -0.1) is 0 Å². The van der Waals surface area contributed by atoms with Crippen LogP contribution in [0.2, 0.25) is 0 Å². The average molecular weight is 465 g/mol. The Morgan fingerprint density at radius 3 is 2.82 bits per heavy atom. The molecule has 1 N–H and O–H groups in total. The van der Waals surface area contributed by atoms with Crippen molar-refractivity contribution in [3.63, 3.8) is 0 Å².